The van der Waals surface area contributed by atoms with Gasteiger partial charge in [-0.15, -0.1) is 0 Å². The fourth-order valence-electron chi connectivity index (χ4n) is 2.65. The zero-order valence-corrected chi connectivity index (χ0v) is 17.6. The number of nitrogens with one attached hydrogen (secondary N) is 2. The third kappa shape index (κ3) is 5.76. The van der Waals surface area contributed by atoms with Crippen LogP contribution in [0.5, 0.6) is 11.5 Å². The summed E-state index contributed by atoms with van der Waals surface area (Å²) in [6, 6.07) is 8.76. The summed E-state index contributed by atoms with van der Waals surface area (Å²) in [5.74, 6) is 0.944. The normalized spacial score (nSPS) is 14.6. The zero-order chi connectivity index (χ0) is 21.7. The number of pyridine rings is 1. The summed E-state index contributed by atoms with van der Waals surface area (Å²) in [5, 5.41) is 9.90. The van der Waals surface area contributed by atoms with Crippen molar-refractivity contribution in [2.45, 2.75) is 39.3 Å². The van der Waals surface area contributed by atoms with Crippen LogP contribution in [0.2, 0.25) is 0 Å². The van der Waals surface area contributed by atoms with E-state index in [9.17, 15) is 4.79 Å². The van der Waals surface area contributed by atoms with E-state index in [2.05, 4.69) is 41.5 Å². The van der Waals surface area contributed by atoms with Gasteiger partial charge in [0.25, 0.3) is 5.91 Å². The number of nitrogens with zero attached hydrogens (tertiary/aromatic N) is 2. The maximum absolute atomic E-state index is 12.4. The molecule has 9 nitrogen and oxygen atoms in total. The van der Waals surface area contributed by atoms with Crippen molar-refractivity contribution in [3.63, 3.8) is 0 Å². The number of carbonyl (C=O) groups is 1. The standard InChI is InChI=1S/C21H27N5O4/c1-13(20(27)24-14-6-8-17-18(11-14)29-10-9-28-17)30-26-19(22)16-7-5-15(12-23-16)25-21(2,3)4/h5-8,11-13,25H,9-10H2,1-4H3,(H2,22,26)(H,24,27). The number of oxime groups is 1. The molecule has 0 fully saturated rings. The highest BCUT2D eigenvalue weighted by Crippen LogP contribution is 2.32. The van der Waals surface area contributed by atoms with Gasteiger partial charge in [-0.05, 0) is 52.0 Å². The van der Waals surface area contributed by atoms with E-state index in [0.29, 0.717) is 36.1 Å². The lowest BCUT2D eigenvalue weighted by molar-refractivity contribution is -0.126. The Morgan fingerprint density at radius 3 is 2.53 bits per heavy atom. The van der Waals surface area contributed by atoms with E-state index in [0.717, 1.165) is 5.69 Å². The molecular weight excluding hydrogens is 386 g/mol. The summed E-state index contributed by atoms with van der Waals surface area (Å²) in [5.41, 5.74) is 7.74. The number of ether oxygens (including phenoxy) is 2. The van der Waals surface area contributed by atoms with Crippen molar-refractivity contribution in [2.24, 2.45) is 10.9 Å². The molecule has 4 N–H and O–H groups in total. The molecule has 2 heterocycles. The van der Waals surface area contributed by atoms with E-state index in [1.54, 1.807) is 37.4 Å². The molecule has 1 unspecified atom stereocenters. The number of anilines is 2. The summed E-state index contributed by atoms with van der Waals surface area (Å²) in [6.07, 6.45) is 0.805. The molecule has 0 spiro atoms. The fraction of sp³-hybridized carbons (Fsp3) is 0.381. The van der Waals surface area contributed by atoms with Crippen LogP contribution in [0.4, 0.5) is 11.4 Å². The number of carbonyl (C=O) groups excluding carboxylic acids is 1. The topological polar surface area (TPSA) is 120 Å². The number of hydrogen-bond donors (Lipinski definition) is 3. The maximum atomic E-state index is 12.4. The Morgan fingerprint density at radius 1 is 1.17 bits per heavy atom. The van der Waals surface area contributed by atoms with Crippen molar-refractivity contribution >= 4 is 23.1 Å². The van der Waals surface area contributed by atoms with E-state index in [1.807, 2.05) is 6.07 Å². The molecule has 0 radical (unpaired) electrons. The van der Waals surface area contributed by atoms with Crippen molar-refractivity contribution in [1.29, 1.82) is 0 Å². The first-order valence-corrected chi connectivity index (χ1v) is 9.66. The number of rotatable bonds is 6. The van der Waals surface area contributed by atoms with Crippen LogP contribution in [0.15, 0.2) is 41.7 Å². The van der Waals surface area contributed by atoms with Gasteiger partial charge in [-0.3, -0.25) is 9.78 Å². The van der Waals surface area contributed by atoms with Gasteiger partial charge in [0.15, 0.2) is 17.3 Å². The van der Waals surface area contributed by atoms with E-state index < -0.39 is 6.10 Å². The van der Waals surface area contributed by atoms with Crippen LogP contribution in [-0.2, 0) is 9.63 Å². The predicted molar refractivity (Wildman–Crippen MR) is 115 cm³/mol. The van der Waals surface area contributed by atoms with Crippen LogP contribution in [0.25, 0.3) is 0 Å². The van der Waals surface area contributed by atoms with E-state index >= 15 is 0 Å². The van der Waals surface area contributed by atoms with Gasteiger partial charge in [0.2, 0.25) is 6.10 Å². The summed E-state index contributed by atoms with van der Waals surface area (Å²) >= 11 is 0. The number of amidine groups is 1. The first-order valence-electron chi connectivity index (χ1n) is 9.66. The van der Waals surface area contributed by atoms with Crippen LogP contribution < -0.4 is 25.8 Å². The highest BCUT2D eigenvalue weighted by molar-refractivity contribution is 5.96. The molecule has 0 bridgehead atoms. The van der Waals surface area contributed by atoms with Crippen LogP contribution >= 0.6 is 0 Å². The molecular formula is C21H27N5O4. The Labute approximate surface area is 175 Å². The van der Waals surface area contributed by atoms with Gasteiger partial charge in [-0.25, -0.2) is 0 Å². The second kappa shape index (κ2) is 8.89. The molecule has 0 saturated heterocycles. The molecule has 1 atom stereocenters. The minimum absolute atomic E-state index is 0.0774. The monoisotopic (exact) mass is 413 g/mol. The molecule has 3 rings (SSSR count). The minimum atomic E-state index is -0.862. The van der Waals surface area contributed by atoms with Gasteiger partial charge < -0.3 is 30.7 Å². The van der Waals surface area contributed by atoms with Crippen LogP contribution in [0.1, 0.15) is 33.4 Å². The molecule has 1 aromatic carbocycles. The first-order chi connectivity index (χ1) is 14.2. The van der Waals surface area contributed by atoms with Crippen LogP contribution in [0, 0.1) is 0 Å². The number of hydrogen-bond acceptors (Lipinski definition) is 7. The Kier molecular flexibility index (Phi) is 6.29. The molecule has 30 heavy (non-hydrogen) atoms. The Hall–Kier alpha value is -3.49. The largest absolute Gasteiger partial charge is 0.486 e. The van der Waals surface area contributed by atoms with Gasteiger partial charge in [-0.1, -0.05) is 5.16 Å². The number of amides is 1. The number of fused-ring (bicyclic) bond motifs is 1. The van der Waals surface area contributed by atoms with Gasteiger partial charge in [-0.2, -0.15) is 0 Å². The van der Waals surface area contributed by atoms with Gasteiger partial charge >= 0.3 is 0 Å². The summed E-state index contributed by atoms with van der Waals surface area (Å²) in [4.78, 5) is 21.9. The SMILES string of the molecule is CC(O/N=C(\N)c1ccc(NC(C)(C)C)cn1)C(=O)Nc1ccc2c(c1)OCCO2. The van der Waals surface area contributed by atoms with Crippen LogP contribution in [-0.4, -0.2) is 41.6 Å². The number of aromatic nitrogens is 1. The number of nitrogens with two attached hydrogens (primary N) is 1. The Balaban J connectivity index is 1.56. The van der Waals surface area contributed by atoms with Crippen molar-refractivity contribution in [3.8, 4) is 11.5 Å². The Bertz CT molecular complexity index is 922. The average Bonchev–Trinajstić information content (AvgIpc) is 2.71. The minimum Gasteiger partial charge on any atom is -0.486 e. The third-order valence-corrected chi connectivity index (χ3v) is 4.03. The van der Waals surface area contributed by atoms with Crippen molar-refractivity contribution in [3.05, 3.63) is 42.2 Å². The molecule has 1 aromatic heterocycles. The van der Waals surface area contributed by atoms with E-state index in [4.69, 9.17) is 20.0 Å². The number of benzene rings is 1. The summed E-state index contributed by atoms with van der Waals surface area (Å²) < 4.78 is 11.0. The zero-order valence-electron chi connectivity index (χ0n) is 17.6. The summed E-state index contributed by atoms with van der Waals surface area (Å²) in [6.45, 7) is 8.73. The van der Waals surface area contributed by atoms with E-state index in [-0.39, 0.29) is 17.3 Å². The molecule has 9 heteroatoms. The average molecular weight is 413 g/mol. The third-order valence-electron chi connectivity index (χ3n) is 4.03. The van der Waals surface area contributed by atoms with E-state index in [1.165, 1.54) is 0 Å². The highest BCUT2D eigenvalue weighted by Gasteiger charge is 2.17. The van der Waals surface area contributed by atoms with Crippen molar-refractivity contribution < 1.29 is 19.1 Å². The molecule has 1 aliphatic rings. The first kappa shape index (κ1) is 21.2. The molecule has 0 saturated carbocycles. The lowest BCUT2D eigenvalue weighted by Gasteiger charge is -2.21. The lowest BCUT2D eigenvalue weighted by atomic mass is 10.1. The highest BCUT2D eigenvalue weighted by atomic mass is 16.6. The van der Waals surface area contributed by atoms with Crippen molar-refractivity contribution in [1.82, 2.24) is 4.98 Å². The molecule has 0 aliphatic carbocycles. The Morgan fingerprint density at radius 2 is 1.87 bits per heavy atom. The van der Waals surface area contributed by atoms with Gasteiger partial charge in [0, 0.05) is 17.3 Å². The molecule has 160 valence electrons. The van der Waals surface area contributed by atoms with Gasteiger partial charge in [0.05, 0.1) is 11.9 Å². The smallest absolute Gasteiger partial charge is 0.267 e. The lowest BCUT2D eigenvalue weighted by Crippen LogP contribution is -2.28. The molecule has 2 aromatic rings. The maximum Gasteiger partial charge on any atom is 0.267 e. The second-order valence-corrected chi connectivity index (χ2v) is 7.88. The summed E-state index contributed by atoms with van der Waals surface area (Å²) in [7, 11) is 0. The molecule has 1 aliphatic heterocycles. The van der Waals surface area contributed by atoms with Gasteiger partial charge in [0.1, 0.15) is 18.9 Å². The second-order valence-electron chi connectivity index (χ2n) is 7.88. The van der Waals surface area contributed by atoms with Crippen LogP contribution in [0.3, 0.4) is 0 Å². The predicted octanol–water partition coefficient (Wildman–Crippen LogP) is 2.73. The molecule has 1 amide bonds. The van der Waals surface area contributed by atoms with Crippen molar-refractivity contribution in [2.75, 3.05) is 23.8 Å². The quantitative estimate of drug-likeness (QED) is 0.378. The fourth-order valence-corrected chi connectivity index (χ4v) is 2.65.